The molecule has 0 aliphatic rings. The second-order valence-corrected chi connectivity index (χ2v) is 4.99. The molecule has 0 saturated heterocycles. The Morgan fingerprint density at radius 1 is 1.18 bits per heavy atom. The smallest absolute Gasteiger partial charge is 0.258 e. The average molecular weight is 247 g/mol. The van der Waals surface area contributed by atoms with Gasteiger partial charge in [0.15, 0.2) is 0 Å². The number of thiophene rings is 1. The molecule has 0 aliphatic heterocycles. The monoisotopic (exact) mass is 247 g/mol. The Hall–Kier alpha value is -1.75. The third-order valence-corrected chi connectivity index (χ3v) is 3.06. The second kappa shape index (κ2) is 4.63. The molecule has 0 unspecified atom stereocenters. The lowest BCUT2D eigenvalue weighted by molar-refractivity contribution is 0.102. The van der Waals surface area contributed by atoms with Crippen LogP contribution in [0.15, 0.2) is 17.5 Å². The van der Waals surface area contributed by atoms with Crippen molar-refractivity contribution < 1.29 is 4.79 Å². The number of aromatic nitrogens is 2. The molecule has 0 saturated carbocycles. The van der Waals surface area contributed by atoms with Crippen LogP contribution >= 0.6 is 11.3 Å². The Labute approximate surface area is 104 Å². The van der Waals surface area contributed by atoms with E-state index >= 15 is 0 Å². The topological polar surface area (TPSA) is 54.9 Å². The summed E-state index contributed by atoms with van der Waals surface area (Å²) < 4.78 is 0. The molecule has 0 bridgehead atoms. The number of nitrogens with one attached hydrogen (secondary N) is 1. The van der Waals surface area contributed by atoms with E-state index in [0.717, 1.165) is 16.3 Å². The van der Waals surface area contributed by atoms with E-state index in [1.165, 1.54) is 0 Å². The Balaban J connectivity index is 2.18. The Morgan fingerprint density at radius 3 is 2.35 bits per heavy atom. The van der Waals surface area contributed by atoms with Crippen molar-refractivity contribution in [3.05, 3.63) is 39.3 Å². The molecular weight excluding hydrogens is 234 g/mol. The maximum absolute atomic E-state index is 11.9. The number of carbonyl (C=O) groups is 1. The van der Waals surface area contributed by atoms with E-state index in [9.17, 15) is 4.79 Å². The van der Waals surface area contributed by atoms with E-state index < -0.39 is 0 Å². The highest BCUT2D eigenvalue weighted by Crippen LogP contribution is 2.14. The van der Waals surface area contributed by atoms with Crippen molar-refractivity contribution in [3.63, 3.8) is 0 Å². The van der Waals surface area contributed by atoms with Gasteiger partial charge in [0.2, 0.25) is 5.95 Å². The first-order valence-electron chi connectivity index (χ1n) is 5.23. The second-order valence-electron chi connectivity index (χ2n) is 3.87. The first-order valence-corrected chi connectivity index (χ1v) is 6.11. The summed E-state index contributed by atoms with van der Waals surface area (Å²) in [6.45, 7) is 5.72. The summed E-state index contributed by atoms with van der Waals surface area (Å²) in [5.41, 5.74) is 2.33. The molecule has 2 heterocycles. The van der Waals surface area contributed by atoms with Gasteiger partial charge in [-0.1, -0.05) is 0 Å². The summed E-state index contributed by atoms with van der Waals surface area (Å²) >= 11 is 1.55. The van der Waals surface area contributed by atoms with Crippen LogP contribution < -0.4 is 5.32 Å². The SMILES string of the molecule is Cc1cc(C)nc(NC(=O)c2csc(C)c2)n1. The highest BCUT2D eigenvalue weighted by atomic mass is 32.1. The van der Waals surface area contributed by atoms with E-state index in [1.807, 2.05) is 38.3 Å². The summed E-state index contributed by atoms with van der Waals surface area (Å²) in [5.74, 6) is 0.190. The fourth-order valence-electron chi connectivity index (χ4n) is 1.52. The highest BCUT2D eigenvalue weighted by molar-refractivity contribution is 7.10. The average Bonchev–Trinajstić information content (AvgIpc) is 2.63. The minimum Gasteiger partial charge on any atom is -0.290 e. The predicted molar refractivity (Wildman–Crippen MR) is 68.5 cm³/mol. The number of anilines is 1. The van der Waals surface area contributed by atoms with E-state index in [1.54, 1.807) is 11.3 Å². The van der Waals surface area contributed by atoms with E-state index in [-0.39, 0.29) is 5.91 Å². The summed E-state index contributed by atoms with van der Waals surface area (Å²) in [5, 5.41) is 4.53. The first-order chi connectivity index (χ1) is 8.04. The van der Waals surface area contributed by atoms with Crippen LogP contribution in [0.3, 0.4) is 0 Å². The number of carbonyl (C=O) groups excluding carboxylic acids is 1. The fraction of sp³-hybridized carbons (Fsp3) is 0.250. The molecule has 2 rings (SSSR count). The molecule has 0 aliphatic carbocycles. The van der Waals surface area contributed by atoms with E-state index in [2.05, 4.69) is 15.3 Å². The van der Waals surface area contributed by atoms with E-state index in [4.69, 9.17) is 0 Å². The first kappa shape index (κ1) is 11.7. The molecule has 0 fully saturated rings. The Morgan fingerprint density at radius 2 is 1.82 bits per heavy atom. The zero-order chi connectivity index (χ0) is 12.4. The summed E-state index contributed by atoms with van der Waals surface area (Å²) in [7, 11) is 0. The van der Waals surface area contributed by atoms with Gasteiger partial charge in [0.1, 0.15) is 0 Å². The maximum atomic E-state index is 11.9. The molecule has 88 valence electrons. The number of amides is 1. The normalized spacial score (nSPS) is 10.3. The van der Waals surface area contributed by atoms with Crippen LogP contribution in [0.1, 0.15) is 26.6 Å². The fourth-order valence-corrected chi connectivity index (χ4v) is 2.20. The minimum atomic E-state index is -0.167. The molecule has 0 atom stereocenters. The van der Waals surface area contributed by atoms with Crippen LogP contribution in [-0.4, -0.2) is 15.9 Å². The zero-order valence-electron chi connectivity index (χ0n) is 9.94. The number of nitrogens with zero attached hydrogens (tertiary/aromatic N) is 2. The van der Waals surface area contributed by atoms with Crippen molar-refractivity contribution in [2.45, 2.75) is 20.8 Å². The van der Waals surface area contributed by atoms with Crippen LogP contribution in [0.5, 0.6) is 0 Å². The van der Waals surface area contributed by atoms with Crippen molar-refractivity contribution in [2.75, 3.05) is 5.32 Å². The van der Waals surface area contributed by atoms with Gasteiger partial charge in [0.05, 0.1) is 5.56 Å². The van der Waals surface area contributed by atoms with Crippen molar-refractivity contribution in [1.82, 2.24) is 9.97 Å². The summed E-state index contributed by atoms with van der Waals surface area (Å²) in [4.78, 5) is 21.3. The van der Waals surface area contributed by atoms with Gasteiger partial charge in [0, 0.05) is 21.6 Å². The quantitative estimate of drug-likeness (QED) is 0.887. The minimum absolute atomic E-state index is 0.167. The summed E-state index contributed by atoms with van der Waals surface area (Å²) in [6.07, 6.45) is 0. The van der Waals surface area contributed by atoms with Crippen LogP contribution in [0.25, 0.3) is 0 Å². The van der Waals surface area contributed by atoms with Crippen molar-refractivity contribution in [3.8, 4) is 0 Å². The van der Waals surface area contributed by atoms with Crippen molar-refractivity contribution in [1.29, 1.82) is 0 Å². The van der Waals surface area contributed by atoms with Gasteiger partial charge >= 0.3 is 0 Å². The van der Waals surface area contributed by atoms with Gasteiger partial charge < -0.3 is 0 Å². The van der Waals surface area contributed by atoms with Gasteiger partial charge in [-0.05, 0) is 32.9 Å². The third-order valence-electron chi connectivity index (χ3n) is 2.20. The predicted octanol–water partition coefficient (Wildman–Crippen LogP) is 2.72. The third kappa shape index (κ3) is 2.88. The molecule has 4 nitrogen and oxygen atoms in total. The molecule has 1 N–H and O–H groups in total. The molecule has 0 radical (unpaired) electrons. The number of aryl methyl sites for hydroxylation is 3. The van der Waals surface area contributed by atoms with Crippen molar-refractivity contribution in [2.24, 2.45) is 0 Å². The van der Waals surface area contributed by atoms with E-state index in [0.29, 0.717) is 11.5 Å². The molecule has 17 heavy (non-hydrogen) atoms. The number of hydrogen-bond acceptors (Lipinski definition) is 4. The standard InChI is InChI=1S/C12H13N3OS/c1-7-4-8(2)14-12(13-7)15-11(16)10-5-9(3)17-6-10/h4-6H,1-3H3,(H,13,14,15,16). The van der Waals surface area contributed by atoms with Crippen LogP contribution in [0.2, 0.25) is 0 Å². The lowest BCUT2D eigenvalue weighted by atomic mass is 10.3. The number of hydrogen-bond donors (Lipinski definition) is 1. The highest BCUT2D eigenvalue weighted by Gasteiger charge is 2.09. The van der Waals surface area contributed by atoms with Crippen LogP contribution in [0, 0.1) is 20.8 Å². The van der Waals surface area contributed by atoms with Gasteiger partial charge in [-0.2, -0.15) is 0 Å². The van der Waals surface area contributed by atoms with Crippen molar-refractivity contribution >= 4 is 23.2 Å². The maximum Gasteiger partial charge on any atom is 0.258 e. The summed E-state index contributed by atoms with van der Waals surface area (Å²) in [6, 6.07) is 3.72. The molecule has 1 amide bonds. The molecule has 0 aromatic carbocycles. The zero-order valence-corrected chi connectivity index (χ0v) is 10.8. The molecule has 2 aromatic rings. The largest absolute Gasteiger partial charge is 0.290 e. The van der Waals surface area contributed by atoms with Gasteiger partial charge in [-0.15, -0.1) is 11.3 Å². The Bertz CT molecular complexity index is 542. The number of rotatable bonds is 2. The Kier molecular flexibility index (Phi) is 3.19. The molecule has 5 heteroatoms. The molecule has 0 spiro atoms. The molecular formula is C12H13N3OS. The lowest BCUT2D eigenvalue weighted by Gasteiger charge is -2.04. The van der Waals surface area contributed by atoms with Gasteiger partial charge in [-0.3, -0.25) is 10.1 Å². The lowest BCUT2D eigenvalue weighted by Crippen LogP contribution is -2.14. The molecule has 2 aromatic heterocycles. The van der Waals surface area contributed by atoms with Crippen LogP contribution in [0.4, 0.5) is 5.95 Å². The van der Waals surface area contributed by atoms with Gasteiger partial charge in [0.25, 0.3) is 5.91 Å². The van der Waals surface area contributed by atoms with Gasteiger partial charge in [-0.25, -0.2) is 9.97 Å². The van der Waals surface area contributed by atoms with Crippen LogP contribution in [-0.2, 0) is 0 Å².